The van der Waals surface area contributed by atoms with Crippen LogP contribution in [0.4, 0.5) is 0 Å². The van der Waals surface area contributed by atoms with Crippen molar-refractivity contribution in [2.24, 2.45) is 0 Å². The Morgan fingerprint density at radius 3 is 1.60 bits per heavy atom. The summed E-state index contributed by atoms with van der Waals surface area (Å²) in [5.74, 6) is 0. The average molecular weight is 233 g/mol. The Morgan fingerprint density at radius 1 is 0.867 bits per heavy atom. The number of hydrogen-bond donors (Lipinski definition) is 0. The molecule has 0 bridgehead atoms. The maximum atomic E-state index is 6.00. The third kappa shape index (κ3) is 4.22. The first-order valence-corrected chi connectivity index (χ1v) is 8.20. The molecular weight excluding hydrogens is 206 g/mol. The van der Waals surface area contributed by atoms with E-state index < -0.39 is 8.72 Å². The molecule has 3 nitrogen and oxygen atoms in total. The van der Waals surface area contributed by atoms with Gasteiger partial charge in [0.1, 0.15) is 0 Å². The Balaban J connectivity index is 4.71. The molecule has 0 amide bonds. The Morgan fingerprint density at radius 2 is 1.33 bits per heavy atom. The van der Waals surface area contributed by atoms with Crippen LogP contribution in [0.15, 0.2) is 0 Å². The van der Waals surface area contributed by atoms with Crippen LogP contribution < -0.4 is 0 Å². The fourth-order valence-electron chi connectivity index (χ4n) is 2.00. The number of hydrogen-bond acceptors (Lipinski definition) is 3. The second-order valence-corrected chi connectivity index (χ2v) is 6.64. The van der Waals surface area contributed by atoms with Gasteiger partial charge in [-0.1, -0.05) is 27.2 Å². The predicted octanol–water partition coefficient (Wildman–Crippen LogP) is 2.75. The highest BCUT2D eigenvalue weighted by molar-refractivity contribution is 6.64. The lowest BCUT2D eigenvalue weighted by Gasteiger charge is -2.38. The van der Waals surface area contributed by atoms with Gasteiger partial charge in [-0.15, -0.1) is 0 Å². The monoisotopic (exact) mass is 233 g/mol. The summed E-state index contributed by atoms with van der Waals surface area (Å²) in [7, 11) is -2.09. The summed E-state index contributed by atoms with van der Waals surface area (Å²) in [6, 6.07) is 1.07. The van der Waals surface area contributed by atoms with Crippen LogP contribution in [0.5, 0.6) is 0 Å². The summed E-state index contributed by atoms with van der Waals surface area (Å²) in [6.07, 6.45) is 1.13. The van der Waals surface area contributed by atoms with E-state index in [1.807, 2.05) is 0 Å². The van der Waals surface area contributed by atoms with Crippen LogP contribution >= 0.6 is 0 Å². The molecule has 0 atom stereocenters. The van der Waals surface area contributed by atoms with Gasteiger partial charge in [-0.3, -0.25) is 4.57 Å². The van der Waals surface area contributed by atoms with Gasteiger partial charge in [-0.05, 0) is 26.9 Å². The van der Waals surface area contributed by atoms with Crippen molar-refractivity contribution in [3.8, 4) is 0 Å². The van der Waals surface area contributed by atoms with Crippen molar-refractivity contribution >= 4 is 8.72 Å². The summed E-state index contributed by atoms with van der Waals surface area (Å²) < 4.78 is 14.4. The standard InChI is InChI=1S/C11H27NO2Si/c1-6-11-15(13-9-4,14-10-5)12(7-2)8-3/h6-11H2,1-5H3. The number of nitrogens with zero attached hydrogens (tertiary/aromatic N) is 1. The predicted molar refractivity (Wildman–Crippen MR) is 67.0 cm³/mol. The van der Waals surface area contributed by atoms with Gasteiger partial charge in [0.15, 0.2) is 0 Å². The van der Waals surface area contributed by atoms with Crippen LogP contribution in [0.1, 0.15) is 41.0 Å². The van der Waals surface area contributed by atoms with E-state index in [4.69, 9.17) is 8.85 Å². The summed E-state index contributed by atoms with van der Waals surface area (Å²) in [6.45, 7) is 14.2. The summed E-state index contributed by atoms with van der Waals surface area (Å²) in [5.41, 5.74) is 0. The molecule has 0 aromatic carbocycles. The van der Waals surface area contributed by atoms with E-state index >= 15 is 0 Å². The van der Waals surface area contributed by atoms with Crippen molar-refractivity contribution in [2.45, 2.75) is 47.1 Å². The van der Waals surface area contributed by atoms with E-state index in [1.54, 1.807) is 0 Å². The van der Waals surface area contributed by atoms with Crippen molar-refractivity contribution in [1.82, 2.24) is 4.57 Å². The second kappa shape index (κ2) is 8.27. The van der Waals surface area contributed by atoms with Crippen LogP contribution in [0.25, 0.3) is 0 Å². The molecule has 92 valence electrons. The Labute approximate surface area is 96.1 Å². The minimum absolute atomic E-state index is 0.753. The summed E-state index contributed by atoms with van der Waals surface area (Å²) in [4.78, 5) is 0. The highest BCUT2D eigenvalue weighted by atomic mass is 28.4. The molecule has 15 heavy (non-hydrogen) atoms. The van der Waals surface area contributed by atoms with Crippen LogP contribution in [0.2, 0.25) is 6.04 Å². The van der Waals surface area contributed by atoms with E-state index in [2.05, 4.69) is 39.2 Å². The van der Waals surface area contributed by atoms with E-state index in [9.17, 15) is 0 Å². The maximum absolute atomic E-state index is 6.00. The molecule has 0 aliphatic rings. The zero-order valence-corrected chi connectivity index (χ0v) is 12.0. The molecule has 0 N–H and O–H groups in total. The van der Waals surface area contributed by atoms with Crippen molar-refractivity contribution in [3.05, 3.63) is 0 Å². The van der Waals surface area contributed by atoms with Crippen LogP contribution in [-0.4, -0.2) is 39.6 Å². The third-order valence-electron chi connectivity index (χ3n) is 2.55. The lowest BCUT2D eigenvalue weighted by Crippen LogP contribution is -2.58. The molecule has 0 rings (SSSR count). The zero-order valence-electron chi connectivity index (χ0n) is 11.0. The molecule has 0 heterocycles. The molecule has 0 saturated carbocycles. The molecule has 0 aliphatic heterocycles. The fourth-order valence-corrected chi connectivity index (χ4v) is 5.55. The first-order chi connectivity index (χ1) is 7.20. The van der Waals surface area contributed by atoms with E-state index in [0.717, 1.165) is 38.8 Å². The Kier molecular flexibility index (Phi) is 8.33. The van der Waals surface area contributed by atoms with Crippen LogP contribution in [0, 0.1) is 0 Å². The van der Waals surface area contributed by atoms with Gasteiger partial charge in [0, 0.05) is 19.3 Å². The molecule has 0 radical (unpaired) electrons. The van der Waals surface area contributed by atoms with Crippen molar-refractivity contribution < 1.29 is 8.85 Å². The molecule has 4 heteroatoms. The molecule has 0 aliphatic carbocycles. The minimum Gasteiger partial charge on any atom is -0.383 e. The average Bonchev–Trinajstić information content (AvgIpc) is 2.20. The van der Waals surface area contributed by atoms with Crippen LogP contribution in [0.3, 0.4) is 0 Å². The normalized spacial score (nSPS) is 12.4. The maximum Gasteiger partial charge on any atom is 0.427 e. The molecule has 0 spiro atoms. The quantitative estimate of drug-likeness (QED) is 0.572. The number of rotatable bonds is 9. The third-order valence-corrected chi connectivity index (χ3v) is 6.76. The fraction of sp³-hybridized carbons (Fsp3) is 1.00. The SMILES string of the molecule is CCC[Si](OCC)(OCC)N(CC)CC. The summed E-state index contributed by atoms with van der Waals surface area (Å²) in [5, 5.41) is 0. The second-order valence-electron chi connectivity index (χ2n) is 3.50. The van der Waals surface area contributed by atoms with Gasteiger partial charge in [0.2, 0.25) is 0 Å². The first-order valence-electron chi connectivity index (χ1n) is 6.23. The molecule has 0 fully saturated rings. The first kappa shape index (κ1) is 15.1. The van der Waals surface area contributed by atoms with Gasteiger partial charge >= 0.3 is 8.72 Å². The highest BCUT2D eigenvalue weighted by Gasteiger charge is 2.42. The van der Waals surface area contributed by atoms with Gasteiger partial charge in [0.25, 0.3) is 0 Å². The molecule has 0 unspecified atom stereocenters. The van der Waals surface area contributed by atoms with Gasteiger partial charge in [0.05, 0.1) is 0 Å². The lowest BCUT2D eigenvalue weighted by molar-refractivity contribution is 0.123. The summed E-state index contributed by atoms with van der Waals surface area (Å²) >= 11 is 0. The van der Waals surface area contributed by atoms with E-state index in [0.29, 0.717) is 0 Å². The molecular formula is C11H27NO2Si. The van der Waals surface area contributed by atoms with Crippen molar-refractivity contribution in [2.75, 3.05) is 26.3 Å². The van der Waals surface area contributed by atoms with Gasteiger partial charge in [-0.25, -0.2) is 0 Å². The smallest absolute Gasteiger partial charge is 0.383 e. The lowest BCUT2D eigenvalue weighted by atomic mass is 10.6. The topological polar surface area (TPSA) is 21.7 Å². The largest absolute Gasteiger partial charge is 0.427 e. The Bertz CT molecular complexity index is 135. The molecule has 0 saturated heterocycles. The van der Waals surface area contributed by atoms with Crippen molar-refractivity contribution in [3.63, 3.8) is 0 Å². The zero-order chi connectivity index (χ0) is 11.7. The van der Waals surface area contributed by atoms with E-state index in [1.165, 1.54) is 0 Å². The van der Waals surface area contributed by atoms with Crippen molar-refractivity contribution in [1.29, 1.82) is 0 Å². The van der Waals surface area contributed by atoms with Gasteiger partial charge < -0.3 is 8.85 Å². The molecule has 0 aromatic rings. The highest BCUT2D eigenvalue weighted by Crippen LogP contribution is 2.20. The molecule has 0 aromatic heterocycles. The van der Waals surface area contributed by atoms with E-state index in [-0.39, 0.29) is 0 Å². The van der Waals surface area contributed by atoms with Gasteiger partial charge in [-0.2, -0.15) is 0 Å². The minimum atomic E-state index is -2.09. The Hall–Kier alpha value is 0.0969. The van der Waals surface area contributed by atoms with Crippen LogP contribution in [-0.2, 0) is 8.85 Å².